The summed E-state index contributed by atoms with van der Waals surface area (Å²) in [5.74, 6) is 1.82. The lowest BCUT2D eigenvalue weighted by Crippen LogP contribution is -2.28. The molecule has 0 saturated carbocycles. The minimum atomic E-state index is -0.463. The second-order valence-corrected chi connectivity index (χ2v) is 12.5. The van der Waals surface area contributed by atoms with E-state index in [4.69, 9.17) is 4.74 Å². The molecule has 1 heteroatoms. The van der Waals surface area contributed by atoms with Crippen molar-refractivity contribution in [1.29, 1.82) is 0 Å². The van der Waals surface area contributed by atoms with Gasteiger partial charge in [0.2, 0.25) is 0 Å². The standard InChI is InChI=1S/C45H28O/c1-3-15-34(16-4-1)45(35-17-5-2-6-18-35)40-28-33(21-23-36(40)38-25-30-11-7-8-12-31(30)27-41(38)45)32-22-24-42-39(26-32)37-19-9-13-29-14-10-20-43(46-42)44(29)37/h1-28H. The predicted octanol–water partition coefficient (Wildman–Crippen LogP) is 11.8. The third-order valence-electron chi connectivity index (χ3n) is 10.1. The molecule has 0 unspecified atom stereocenters. The molecule has 8 aromatic rings. The Morgan fingerprint density at radius 2 is 0.957 bits per heavy atom. The SMILES string of the molecule is c1ccc(C2(c3ccccc3)c3cc(-c4ccc5c(c4)-c4cccc6cccc(c46)O5)ccc3-c3cc4ccccc4cc32)cc1. The highest BCUT2D eigenvalue weighted by atomic mass is 16.5. The Bertz CT molecular complexity index is 2450. The Labute approximate surface area is 268 Å². The Hall–Kier alpha value is -5.92. The smallest absolute Gasteiger partial charge is 0.135 e. The average Bonchev–Trinajstić information content (AvgIpc) is 3.41. The van der Waals surface area contributed by atoms with Gasteiger partial charge in [-0.05, 0) is 103 Å². The van der Waals surface area contributed by atoms with Gasteiger partial charge in [0.1, 0.15) is 11.5 Å². The normalized spacial score (nSPS) is 13.6. The molecule has 0 amide bonds. The molecule has 1 heterocycles. The third-order valence-corrected chi connectivity index (χ3v) is 10.1. The van der Waals surface area contributed by atoms with Crippen molar-refractivity contribution in [2.24, 2.45) is 0 Å². The van der Waals surface area contributed by atoms with Crippen LogP contribution in [-0.4, -0.2) is 0 Å². The summed E-state index contributed by atoms with van der Waals surface area (Å²) in [6.45, 7) is 0. The molecule has 1 nitrogen and oxygen atoms in total. The van der Waals surface area contributed by atoms with Gasteiger partial charge in [0.25, 0.3) is 0 Å². The first kappa shape index (κ1) is 25.4. The van der Waals surface area contributed by atoms with Crippen molar-refractivity contribution < 1.29 is 4.74 Å². The van der Waals surface area contributed by atoms with Crippen LogP contribution in [0.1, 0.15) is 22.3 Å². The zero-order valence-corrected chi connectivity index (χ0v) is 25.1. The van der Waals surface area contributed by atoms with Crippen LogP contribution in [-0.2, 0) is 5.41 Å². The molecule has 0 spiro atoms. The van der Waals surface area contributed by atoms with E-state index in [1.54, 1.807) is 0 Å². The second kappa shape index (κ2) is 9.54. The number of hydrogen-bond acceptors (Lipinski definition) is 1. The van der Waals surface area contributed by atoms with Crippen LogP contribution in [0.4, 0.5) is 0 Å². The van der Waals surface area contributed by atoms with Crippen LogP contribution in [0.3, 0.4) is 0 Å². The molecule has 0 aromatic heterocycles. The van der Waals surface area contributed by atoms with Gasteiger partial charge in [-0.2, -0.15) is 0 Å². The summed E-state index contributed by atoms with van der Waals surface area (Å²) in [6.07, 6.45) is 0. The van der Waals surface area contributed by atoms with Gasteiger partial charge in [-0.25, -0.2) is 0 Å². The number of rotatable bonds is 3. The van der Waals surface area contributed by atoms with Crippen molar-refractivity contribution in [1.82, 2.24) is 0 Å². The van der Waals surface area contributed by atoms with Gasteiger partial charge in [0, 0.05) is 10.9 Å². The molecule has 1 aliphatic carbocycles. The van der Waals surface area contributed by atoms with Crippen LogP contribution >= 0.6 is 0 Å². The maximum absolute atomic E-state index is 6.44. The van der Waals surface area contributed by atoms with Gasteiger partial charge in [-0.3, -0.25) is 0 Å². The summed E-state index contributed by atoms with van der Waals surface area (Å²) in [5.41, 5.74) is 12.0. The average molecular weight is 585 g/mol. The number of hydrogen-bond donors (Lipinski definition) is 0. The summed E-state index contributed by atoms with van der Waals surface area (Å²) >= 11 is 0. The van der Waals surface area contributed by atoms with E-state index in [-0.39, 0.29) is 0 Å². The molecule has 1 aliphatic heterocycles. The van der Waals surface area contributed by atoms with Crippen LogP contribution in [0.5, 0.6) is 11.5 Å². The summed E-state index contributed by atoms with van der Waals surface area (Å²) in [6, 6.07) is 62.2. The first-order chi connectivity index (χ1) is 22.8. The van der Waals surface area contributed by atoms with Crippen molar-refractivity contribution in [2.75, 3.05) is 0 Å². The molecular weight excluding hydrogens is 556 g/mol. The Morgan fingerprint density at radius 3 is 1.72 bits per heavy atom. The van der Waals surface area contributed by atoms with Gasteiger partial charge >= 0.3 is 0 Å². The topological polar surface area (TPSA) is 9.23 Å². The van der Waals surface area contributed by atoms with Gasteiger partial charge < -0.3 is 4.74 Å². The zero-order valence-electron chi connectivity index (χ0n) is 25.1. The molecule has 10 rings (SSSR count). The van der Waals surface area contributed by atoms with Gasteiger partial charge in [-0.15, -0.1) is 0 Å². The van der Waals surface area contributed by atoms with E-state index in [2.05, 4.69) is 170 Å². The zero-order chi connectivity index (χ0) is 30.2. The number of benzene rings is 8. The second-order valence-electron chi connectivity index (χ2n) is 12.5. The highest BCUT2D eigenvalue weighted by Gasteiger charge is 2.46. The molecular formula is C45H28O. The fourth-order valence-electron chi connectivity index (χ4n) is 8.10. The minimum Gasteiger partial charge on any atom is -0.456 e. The summed E-state index contributed by atoms with van der Waals surface area (Å²) < 4.78 is 6.44. The molecule has 214 valence electrons. The molecule has 0 N–H and O–H groups in total. The van der Waals surface area contributed by atoms with E-state index in [0.29, 0.717) is 0 Å². The maximum atomic E-state index is 6.44. The van der Waals surface area contributed by atoms with Gasteiger partial charge in [0.15, 0.2) is 0 Å². The molecule has 46 heavy (non-hydrogen) atoms. The van der Waals surface area contributed by atoms with Gasteiger partial charge in [0.05, 0.1) is 5.41 Å². The molecule has 8 aromatic carbocycles. The van der Waals surface area contributed by atoms with Gasteiger partial charge in [-0.1, -0.05) is 133 Å². The summed E-state index contributed by atoms with van der Waals surface area (Å²) in [5, 5.41) is 4.90. The van der Waals surface area contributed by atoms with E-state index in [9.17, 15) is 0 Å². The van der Waals surface area contributed by atoms with Crippen LogP contribution in [0.15, 0.2) is 170 Å². The number of ether oxygens (including phenoxy) is 1. The van der Waals surface area contributed by atoms with Crippen molar-refractivity contribution in [3.8, 4) is 44.9 Å². The van der Waals surface area contributed by atoms with E-state index < -0.39 is 5.41 Å². The van der Waals surface area contributed by atoms with E-state index in [1.807, 2.05) is 0 Å². The predicted molar refractivity (Wildman–Crippen MR) is 190 cm³/mol. The van der Waals surface area contributed by atoms with Crippen molar-refractivity contribution >= 4 is 21.5 Å². The molecule has 0 saturated heterocycles. The van der Waals surface area contributed by atoms with Crippen molar-refractivity contribution in [3.05, 3.63) is 192 Å². The van der Waals surface area contributed by atoms with Crippen molar-refractivity contribution in [3.63, 3.8) is 0 Å². The van der Waals surface area contributed by atoms with E-state index in [0.717, 1.165) is 17.1 Å². The molecule has 2 aliphatic rings. The first-order valence-electron chi connectivity index (χ1n) is 15.9. The Morgan fingerprint density at radius 1 is 0.348 bits per heavy atom. The monoisotopic (exact) mass is 584 g/mol. The summed E-state index contributed by atoms with van der Waals surface area (Å²) in [7, 11) is 0. The molecule has 0 radical (unpaired) electrons. The highest BCUT2D eigenvalue weighted by Crippen LogP contribution is 2.58. The quantitative estimate of drug-likeness (QED) is 0.201. The van der Waals surface area contributed by atoms with Crippen LogP contribution < -0.4 is 4.74 Å². The fourth-order valence-corrected chi connectivity index (χ4v) is 8.10. The van der Waals surface area contributed by atoms with Crippen molar-refractivity contribution in [2.45, 2.75) is 5.41 Å². The largest absolute Gasteiger partial charge is 0.456 e. The lowest BCUT2D eigenvalue weighted by molar-refractivity contribution is 0.487. The molecule has 0 atom stereocenters. The van der Waals surface area contributed by atoms with Crippen LogP contribution in [0.2, 0.25) is 0 Å². The minimum absolute atomic E-state index is 0.463. The highest BCUT2D eigenvalue weighted by molar-refractivity contribution is 6.05. The first-order valence-corrected chi connectivity index (χ1v) is 15.9. The molecule has 0 fully saturated rings. The third kappa shape index (κ3) is 3.46. The lowest BCUT2D eigenvalue weighted by Gasteiger charge is -2.34. The van der Waals surface area contributed by atoms with E-state index >= 15 is 0 Å². The lowest BCUT2D eigenvalue weighted by atomic mass is 9.67. The number of fused-ring (bicyclic) bond motifs is 6. The summed E-state index contributed by atoms with van der Waals surface area (Å²) in [4.78, 5) is 0. The maximum Gasteiger partial charge on any atom is 0.135 e. The van der Waals surface area contributed by atoms with E-state index in [1.165, 1.54) is 71.6 Å². The van der Waals surface area contributed by atoms with Crippen LogP contribution in [0, 0.1) is 0 Å². The molecule has 0 bridgehead atoms. The Balaban J connectivity index is 1.25. The van der Waals surface area contributed by atoms with Crippen LogP contribution in [0.25, 0.3) is 54.9 Å². The fraction of sp³-hybridized carbons (Fsp3) is 0.0222. The Kier molecular flexibility index (Phi) is 5.27.